The van der Waals surface area contributed by atoms with Gasteiger partial charge in [-0.3, -0.25) is 4.79 Å². The number of carbonyl (C=O) groups excluding carboxylic acids is 1. The monoisotopic (exact) mass is 274 g/mol. The van der Waals surface area contributed by atoms with Crippen LogP contribution in [0.2, 0.25) is 0 Å². The van der Waals surface area contributed by atoms with E-state index in [1.165, 1.54) is 0 Å². The van der Waals surface area contributed by atoms with Crippen LogP contribution in [0.4, 0.5) is 13.2 Å². The number of hydrogen-bond acceptors (Lipinski definition) is 2. The Morgan fingerprint density at radius 1 is 1.11 bits per heavy atom. The molecule has 0 atom stereocenters. The first-order valence-electron chi connectivity index (χ1n) is 5.85. The summed E-state index contributed by atoms with van der Waals surface area (Å²) in [6.07, 6.45) is -4.83. The third-order valence-electron chi connectivity index (χ3n) is 2.56. The van der Waals surface area contributed by atoms with E-state index in [9.17, 15) is 18.0 Å². The Bertz CT molecular complexity index is 404. The van der Waals surface area contributed by atoms with E-state index in [0.29, 0.717) is 12.1 Å². The summed E-state index contributed by atoms with van der Waals surface area (Å²) in [5, 5.41) is 0. The molecule has 1 rings (SSSR count). The van der Waals surface area contributed by atoms with Gasteiger partial charge in [0.15, 0.2) is 0 Å². The third-order valence-corrected chi connectivity index (χ3v) is 2.56. The highest BCUT2D eigenvalue weighted by Crippen LogP contribution is 2.19. The number of hydrogen-bond donors (Lipinski definition) is 0. The maximum Gasteiger partial charge on any atom is 0.471 e. The van der Waals surface area contributed by atoms with Crippen LogP contribution in [0.25, 0.3) is 0 Å². The lowest BCUT2D eigenvalue weighted by molar-refractivity contribution is -0.186. The van der Waals surface area contributed by atoms with Crippen LogP contribution < -0.4 is 0 Å². The number of nitrogens with zero attached hydrogens (tertiary/aromatic N) is 2. The molecule has 0 unspecified atom stereocenters. The lowest BCUT2D eigenvalue weighted by Gasteiger charge is -2.25. The summed E-state index contributed by atoms with van der Waals surface area (Å²) >= 11 is 0. The van der Waals surface area contributed by atoms with Crippen molar-refractivity contribution in [2.75, 3.05) is 27.2 Å². The molecule has 3 nitrogen and oxygen atoms in total. The van der Waals surface area contributed by atoms with Gasteiger partial charge in [0.05, 0.1) is 0 Å². The molecule has 0 fully saturated rings. The standard InChI is InChI=1S/C13H17F3N2O/c1-17(2)8-9-18(12(19)13(14,15)16)10-11-6-4-3-5-7-11/h3-7H,8-10H2,1-2H3. The molecule has 0 spiro atoms. The molecule has 1 aromatic rings. The van der Waals surface area contributed by atoms with Crippen molar-refractivity contribution in [3.8, 4) is 0 Å². The summed E-state index contributed by atoms with van der Waals surface area (Å²) in [5.74, 6) is -1.79. The molecule has 1 amide bonds. The summed E-state index contributed by atoms with van der Waals surface area (Å²) in [7, 11) is 3.50. The molecule has 0 aliphatic heterocycles. The molecule has 106 valence electrons. The Morgan fingerprint density at radius 2 is 1.68 bits per heavy atom. The summed E-state index contributed by atoms with van der Waals surface area (Å²) in [5.41, 5.74) is 0.679. The smallest absolute Gasteiger partial charge is 0.329 e. The van der Waals surface area contributed by atoms with Gasteiger partial charge in [-0.15, -0.1) is 0 Å². The fourth-order valence-corrected chi connectivity index (χ4v) is 1.56. The van der Waals surface area contributed by atoms with Crippen LogP contribution >= 0.6 is 0 Å². The first-order chi connectivity index (χ1) is 8.80. The van der Waals surface area contributed by atoms with Crippen LogP contribution in [-0.2, 0) is 11.3 Å². The van der Waals surface area contributed by atoms with Gasteiger partial charge in [-0.1, -0.05) is 30.3 Å². The fourth-order valence-electron chi connectivity index (χ4n) is 1.56. The van der Waals surface area contributed by atoms with E-state index >= 15 is 0 Å². The number of carbonyl (C=O) groups is 1. The van der Waals surface area contributed by atoms with Gasteiger partial charge >= 0.3 is 12.1 Å². The van der Waals surface area contributed by atoms with E-state index < -0.39 is 12.1 Å². The summed E-state index contributed by atoms with van der Waals surface area (Å²) in [6, 6.07) is 8.65. The molecule has 0 aliphatic rings. The summed E-state index contributed by atoms with van der Waals surface area (Å²) in [4.78, 5) is 13.9. The van der Waals surface area contributed by atoms with Gasteiger partial charge in [-0.05, 0) is 19.7 Å². The van der Waals surface area contributed by atoms with Gasteiger partial charge in [0.2, 0.25) is 0 Å². The zero-order chi connectivity index (χ0) is 14.5. The molecular formula is C13H17F3N2O. The predicted octanol–water partition coefficient (Wildman–Crippen LogP) is 2.14. The molecule has 1 aromatic carbocycles. The summed E-state index contributed by atoms with van der Waals surface area (Å²) < 4.78 is 37.6. The minimum atomic E-state index is -4.83. The maximum absolute atomic E-state index is 12.5. The Balaban J connectivity index is 2.78. The number of rotatable bonds is 5. The molecule has 0 aliphatic carbocycles. The van der Waals surface area contributed by atoms with Crippen LogP contribution in [-0.4, -0.2) is 49.1 Å². The van der Waals surface area contributed by atoms with E-state index in [-0.39, 0.29) is 13.1 Å². The van der Waals surface area contributed by atoms with Crippen LogP contribution in [0.5, 0.6) is 0 Å². The Labute approximate surface area is 110 Å². The van der Waals surface area contributed by atoms with Crippen LogP contribution in [0.1, 0.15) is 5.56 Å². The first-order valence-corrected chi connectivity index (χ1v) is 5.85. The Morgan fingerprint density at radius 3 is 2.16 bits per heavy atom. The molecule has 6 heteroatoms. The fraction of sp³-hybridized carbons (Fsp3) is 0.462. The number of alkyl halides is 3. The van der Waals surface area contributed by atoms with E-state index in [1.54, 1.807) is 49.3 Å². The van der Waals surface area contributed by atoms with Crippen molar-refractivity contribution in [2.45, 2.75) is 12.7 Å². The van der Waals surface area contributed by atoms with E-state index in [2.05, 4.69) is 0 Å². The van der Waals surface area contributed by atoms with Gasteiger partial charge in [-0.25, -0.2) is 0 Å². The first kappa shape index (κ1) is 15.5. The van der Waals surface area contributed by atoms with Crippen LogP contribution in [0.15, 0.2) is 30.3 Å². The Kier molecular flexibility index (Phi) is 5.35. The topological polar surface area (TPSA) is 23.6 Å². The molecule has 0 bridgehead atoms. The average Bonchev–Trinajstić information content (AvgIpc) is 2.33. The molecule has 0 aromatic heterocycles. The minimum Gasteiger partial charge on any atom is -0.329 e. The highest BCUT2D eigenvalue weighted by molar-refractivity contribution is 5.81. The maximum atomic E-state index is 12.5. The Hall–Kier alpha value is -1.56. The molecular weight excluding hydrogens is 257 g/mol. The van der Waals surface area contributed by atoms with Crippen molar-refractivity contribution in [2.24, 2.45) is 0 Å². The largest absolute Gasteiger partial charge is 0.471 e. The zero-order valence-electron chi connectivity index (χ0n) is 10.9. The van der Waals surface area contributed by atoms with E-state index in [0.717, 1.165) is 4.90 Å². The number of benzene rings is 1. The lowest BCUT2D eigenvalue weighted by Crippen LogP contribution is -2.43. The molecule has 0 saturated carbocycles. The van der Waals surface area contributed by atoms with Gasteiger partial charge in [0.1, 0.15) is 0 Å². The number of amides is 1. The predicted molar refractivity (Wildman–Crippen MR) is 66.5 cm³/mol. The second-order valence-electron chi connectivity index (χ2n) is 4.51. The van der Waals surface area contributed by atoms with Crippen molar-refractivity contribution in [1.82, 2.24) is 9.80 Å². The molecule has 0 radical (unpaired) electrons. The zero-order valence-corrected chi connectivity index (χ0v) is 10.9. The second kappa shape index (κ2) is 6.56. The van der Waals surface area contributed by atoms with Crippen molar-refractivity contribution in [3.05, 3.63) is 35.9 Å². The average molecular weight is 274 g/mol. The van der Waals surface area contributed by atoms with E-state index in [4.69, 9.17) is 0 Å². The van der Waals surface area contributed by atoms with Gasteiger partial charge in [0, 0.05) is 19.6 Å². The van der Waals surface area contributed by atoms with Crippen molar-refractivity contribution in [1.29, 1.82) is 0 Å². The minimum absolute atomic E-state index is 0.0347. The van der Waals surface area contributed by atoms with Crippen molar-refractivity contribution < 1.29 is 18.0 Å². The number of likely N-dealkylation sites (N-methyl/N-ethyl adjacent to an activating group) is 1. The highest BCUT2D eigenvalue weighted by atomic mass is 19.4. The van der Waals surface area contributed by atoms with E-state index in [1.807, 2.05) is 0 Å². The van der Waals surface area contributed by atoms with Gasteiger partial charge < -0.3 is 9.80 Å². The molecule has 0 N–H and O–H groups in total. The van der Waals surface area contributed by atoms with Gasteiger partial charge in [0.25, 0.3) is 0 Å². The molecule has 0 heterocycles. The highest BCUT2D eigenvalue weighted by Gasteiger charge is 2.42. The third kappa shape index (κ3) is 5.30. The van der Waals surface area contributed by atoms with Crippen LogP contribution in [0.3, 0.4) is 0 Å². The lowest BCUT2D eigenvalue weighted by atomic mass is 10.2. The van der Waals surface area contributed by atoms with Crippen molar-refractivity contribution >= 4 is 5.91 Å². The van der Waals surface area contributed by atoms with Crippen LogP contribution in [0, 0.1) is 0 Å². The second-order valence-corrected chi connectivity index (χ2v) is 4.51. The SMILES string of the molecule is CN(C)CCN(Cc1ccccc1)C(=O)C(F)(F)F. The molecule has 19 heavy (non-hydrogen) atoms. The summed E-state index contributed by atoms with van der Waals surface area (Å²) in [6.45, 7) is 0.391. The normalized spacial score (nSPS) is 11.7. The van der Waals surface area contributed by atoms with Crippen molar-refractivity contribution in [3.63, 3.8) is 0 Å². The van der Waals surface area contributed by atoms with Gasteiger partial charge in [-0.2, -0.15) is 13.2 Å². The number of halogens is 3. The molecule has 0 saturated heterocycles. The quantitative estimate of drug-likeness (QED) is 0.821.